The van der Waals surface area contributed by atoms with Crippen LogP contribution in [0.1, 0.15) is 35.7 Å². The first-order valence-corrected chi connectivity index (χ1v) is 7.21. The highest BCUT2D eigenvalue weighted by Gasteiger charge is 2.28. The molecule has 4 nitrogen and oxygen atoms in total. The lowest BCUT2D eigenvalue weighted by molar-refractivity contribution is 0.0728. The molecule has 0 aromatic heterocycles. The minimum atomic E-state index is 0.000407. The molecule has 1 saturated heterocycles. The van der Waals surface area contributed by atoms with E-state index >= 15 is 0 Å². The van der Waals surface area contributed by atoms with Gasteiger partial charge in [0.15, 0.2) is 0 Å². The third kappa shape index (κ3) is 2.80. The summed E-state index contributed by atoms with van der Waals surface area (Å²) in [6.07, 6.45) is 1.48. The third-order valence-corrected chi connectivity index (χ3v) is 4.37. The van der Waals surface area contributed by atoms with Crippen molar-refractivity contribution in [3.63, 3.8) is 0 Å². The summed E-state index contributed by atoms with van der Waals surface area (Å²) >= 11 is 6.08. The maximum atomic E-state index is 12.6. The highest BCUT2D eigenvalue weighted by molar-refractivity contribution is 6.31. The van der Waals surface area contributed by atoms with Crippen LogP contribution in [0.15, 0.2) is 23.4 Å². The highest BCUT2D eigenvalue weighted by Crippen LogP contribution is 2.23. The molecule has 1 fully saturated rings. The molecule has 0 spiro atoms. The van der Waals surface area contributed by atoms with Gasteiger partial charge in [-0.2, -0.15) is 0 Å². The Morgan fingerprint density at radius 3 is 2.95 bits per heavy atom. The third-order valence-electron chi connectivity index (χ3n) is 3.96. The lowest BCUT2D eigenvalue weighted by Gasteiger charge is -2.33. The van der Waals surface area contributed by atoms with Gasteiger partial charge in [0.25, 0.3) is 5.91 Å². The molecule has 20 heavy (non-hydrogen) atoms. The Kier molecular flexibility index (Phi) is 4.65. The van der Waals surface area contributed by atoms with Crippen LogP contribution in [-0.4, -0.2) is 34.8 Å². The van der Waals surface area contributed by atoms with Gasteiger partial charge in [0.05, 0.1) is 5.71 Å². The molecule has 1 unspecified atom stereocenters. The fourth-order valence-electron chi connectivity index (χ4n) is 2.61. The standard InChI is InChI=1S/C15H19ClN2O2/c1-3-11-9-18(8-7-14(11)17-20)15(19)12-5-4-6-13(16)10(12)2/h4-6,11,20H,3,7-9H2,1-2H3/b17-14+. The zero-order valence-electron chi connectivity index (χ0n) is 11.8. The molecule has 1 amide bonds. The Morgan fingerprint density at radius 1 is 1.55 bits per heavy atom. The van der Waals surface area contributed by atoms with E-state index in [0.717, 1.165) is 17.7 Å². The van der Waals surface area contributed by atoms with Crippen molar-refractivity contribution in [2.75, 3.05) is 13.1 Å². The molecular formula is C15H19ClN2O2. The SMILES string of the molecule is CCC1CN(C(=O)c2cccc(Cl)c2C)CC/C1=N\O. The van der Waals surface area contributed by atoms with E-state index in [9.17, 15) is 4.79 Å². The average Bonchev–Trinajstić information content (AvgIpc) is 2.48. The molecule has 1 aromatic rings. The maximum absolute atomic E-state index is 12.6. The normalized spacial score (nSPS) is 21.2. The highest BCUT2D eigenvalue weighted by atomic mass is 35.5. The van der Waals surface area contributed by atoms with Crippen LogP contribution < -0.4 is 0 Å². The second-order valence-corrected chi connectivity index (χ2v) is 5.52. The summed E-state index contributed by atoms with van der Waals surface area (Å²) in [5, 5.41) is 12.9. The topological polar surface area (TPSA) is 52.9 Å². The number of halogens is 1. The van der Waals surface area contributed by atoms with Gasteiger partial charge < -0.3 is 10.1 Å². The van der Waals surface area contributed by atoms with Crippen LogP contribution in [0.4, 0.5) is 0 Å². The number of oxime groups is 1. The molecule has 0 radical (unpaired) electrons. The molecule has 2 rings (SSSR count). The molecule has 1 aromatic carbocycles. The number of hydrogen-bond donors (Lipinski definition) is 1. The number of benzene rings is 1. The second kappa shape index (κ2) is 6.27. The summed E-state index contributed by atoms with van der Waals surface area (Å²) in [7, 11) is 0. The van der Waals surface area contributed by atoms with E-state index in [-0.39, 0.29) is 11.8 Å². The Morgan fingerprint density at radius 2 is 2.30 bits per heavy atom. The number of carbonyl (C=O) groups excluding carboxylic acids is 1. The summed E-state index contributed by atoms with van der Waals surface area (Å²) in [6.45, 7) is 5.08. The molecule has 0 aliphatic carbocycles. The number of amides is 1. The second-order valence-electron chi connectivity index (χ2n) is 5.11. The first-order chi connectivity index (χ1) is 9.58. The molecule has 0 saturated carbocycles. The maximum Gasteiger partial charge on any atom is 0.254 e. The van der Waals surface area contributed by atoms with Crippen molar-refractivity contribution in [2.45, 2.75) is 26.7 Å². The summed E-state index contributed by atoms with van der Waals surface area (Å²) in [5.41, 5.74) is 2.25. The Balaban J connectivity index is 2.20. The molecule has 1 atom stereocenters. The Hall–Kier alpha value is -1.55. The van der Waals surface area contributed by atoms with Crippen molar-refractivity contribution in [3.05, 3.63) is 34.3 Å². The lowest BCUT2D eigenvalue weighted by Crippen LogP contribution is -2.44. The fraction of sp³-hybridized carbons (Fsp3) is 0.467. The van der Waals surface area contributed by atoms with E-state index in [2.05, 4.69) is 5.16 Å². The summed E-state index contributed by atoms with van der Waals surface area (Å²) in [5.74, 6) is 0.137. The predicted molar refractivity (Wildman–Crippen MR) is 79.7 cm³/mol. The van der Waals surface area contributed by atoms with Gasteiger partial charge in [-0.1, -0.05) is 29.7 Å². The zero-order chi connectivity index (χ0) is 14.7. The zero-order valence-corrected chi connectivity index (χ0v) is 12.5. The van der Waals surface area contributed by atoms with E-state index in [1.165, 1.54) is 0 Å². The van der Waals surface area contributed by atoms with Gasteiger partial charge in [0.2, 0.25) is 0 Å². The van der Waals surface area contributed by atoms with E-state index in [0.29, 0.717) is 30.1 Å². The Labute approximate surface area is 124 Å². The van der Waals surface area contributed by atoms with Gasteiger partial charge >= 0.3 is 0 Å². The Bertz CT molecular complexity index is 543. The number of rotatable bonds is 2. The van der Waals surface area contributed by atoms with Crippen molar-refractivity contribution >= 4 is 23.2 Å². The van der Waals surface area contributed by atoms with Crippen LogP contribution in [0.25, 0.3) is 0 Å². The molecule has 0 bridgehead atoms. The van der Waals surface area contributed by atoms with Crippen molar-refractivity contribution in [3.8, 4) is 0 Å². The number of hydrogen-bond acceptors (Lipinski definition) is 3. The van der Waals surface area contributed by atoms with Gasteiger partial charge in [-0.05, 0) is 31.0 Å². The molecule has 1 aliphatic heterocycles. The molecular weight excluding hydrogens is 276 g/mol. The smallest absolute Gasteiger partial charge is 0.254 e. The number of carbonyl (C=O) groups is 1. The van der Waals surface area contributed by atoms with Gasteiger partial charge in [-0.3, -0.25) is 4.79 Å². The predicted octanol–water partition coefficient (Wildman–Crippen LogP) is 3.35. The van der Waals surface area contributed by atoms with Crippen LogP contribution >= 0.6 is 11.6 Å². The van der Waals surface area contributed by atoms with E-state index in [1.54, 1.807) is 18.2 Å². The van der Waals surface area contributed by atoms with Crippen molar-refractivity contribution < 1.29 is 10.0 Å². The molecule has 1 heterocycles. The quantitative estimate of drug-likeness (QED) is 0.672. The monoisotopic (exact) mass is 294 g/mol. The van der Waals surface area contributed by atoms with Crippen LogP contribution in [0.3, 0.4) is 0 Å². The van der Waals surface area contributed by atoms with Crippen LogP contribution in [0.5, 0.6) is 0 Å². The largest absolute Gasteiger partial charge is 0.411 e. The number of likely N-dealkylation sites (tertiary alicyclic amines) is 1. The average molecular weight is 295 g/mol. The van der Waals surface area contributed by atoms with Crippen LogP contribution in [0.2, 0.25) is 5.02 Å². The van der Waals surface area contributed by atoms with E-state index in [1.807, 2.05) is 18.7 Å². The molecule has 1 aliphatic rings. The first kappa shape index (κ1) is 14.9. The van der Waals surface area contributed by atoms with Crippen molar-refractivity contribution in [1.29, 1.82) is 0 Å². The summed E-state index contributed by atoms with van der Waals surface area (Å²) < 4.78 is 0. The van der Waals surface area contributed by atoms with Crippen LogP contribution in [-0.2, 0) is 0 Å². The first-order valence-electron chi connectivity index (χ1n) is 6.83. The van der Waals surface area contributed by atoms with Crippen LogP contribution in [0, 0.1) is 12.8 Å². The lowest BCUT2D eigenvalue weighted by atomic mass is 9.92. The van der Waals surface area contributed by atoms with Gasteiger partial charge in [-0.15, -0.1) is 0 Å². The van der Waals surface area contributed by atoms with Gasteiger partial charge in [-0.25, -0.2) is 0 Å². The molecule has 1 N–H and O–H groups in total. The minimum Gasteiger partial charge on any atom is -0.411 e. The summed E-state index contributed by atoms with van der Waals surface area (Å²) in [6, 6.07) is 5.39. The number of piperidine rings is 1. The number of nitrogens with zero attached hydrogens (tertiary/aromatic N) is 2. The fourth-order valence-corrected chi connectivity index (χ4v) is 2.78. The van der Waals surface area contributed by atoms with Crippen molar-refractivity contribution in [2.24, 2.45) is 11.1 Å². The van der Waals surface area contributed by atoms with E-state index in [4.69, 9.17) is 16.8 Å². The molecule has 108 valence electrons. The van der Waals surface area contributed by atoms with Crippen molar-refractivity contribution in [1.82, 2.24) is 4.90 Å². The molecule has 5 heteroatoms. The van der Waals surface area contributed by atoms with E-state index < -0.39 is 0 Å². The van der Waals surface area contributed by atoms with Gasteiger partial charge in [0.1, 0.15) is 0 Å². The minimum absolute atomic E-state index is 0.000407. The van der Waals surface area contributed by atoms with Gasteiger partial charge in [0, 0.05) is 36.0 Å². The summed E-state index contributed by atoms with van der Waals surface area (Å²) in [4.78, 5) is 14.4.